The van der Waals surface area contributed by atoms with Crippen LogP contribution in [0.3, 0.4) is 0 Å². The molecule has 1 heterocycles. The summed E-state index contributed by atoms with van der Waals surface area (Å²) in [6, 6.07) is 18.5. The lowest BCUT2D eigenvalue weighted by Gasteiger charge is -2.35. The van der Waals surface area contributed by atoms with Gasteiger partial charge in [0, 0.05) is 13.1 Å². The molecular formula is C27H38N2O5. The van der Waals surface area contributed by atoms with E-state index in [1.807, 2.05) is 42.2 Å². The van der Waals surface area contributed by atoms with E-state index in [2.05, 4.69) is 24.3 Å². The molecule has 2 atom stereocenters. The van der Waals surface area contributed by atoms with Crippen molar-refractivity contribution in [2.75, 3.05) is 26.3 Å². The average Bonchev–Trinajstić information content (AvgIpc) is 2.87. The summed E-state index contributed by atoms with van der Waals surface area (Å²) >= 11 is 0. The Balaban J connectivity index is 1.52. The number of piperidine rings is 1. The molecule has 0 spiro atoms. The van der Waals surface area contributed by atoms with E-state index >= 15 is 0 Å². The maximum absolute atomic E-state index is 13.3. The van der Waals surface area contributed by atoms with Crippen LogP contribution < -0.4 is 10.4 Å². The lowest BCUT2D eigenvalue weighted by Crippen LogP contribution is -2.46. The van der Waals surface area contributed by atoms with Gasteiger partial charge in [0.25, 0.3) is 0 Å². The highest BCUT2D eigenvalue weighted by Gasteiger charge is 2.32. The predicted molar refractivity (Wildman–Crippen MR) is 130 cm³/mol. The van der Waals surface area contributed by atoms with Crippen molar-refractivity contribution in [1.82, 2.24) is 10.5 Å². The van der Waals surface area contributed by atoms with Crippen LogP contribution in [-0.2, 0) is 22.5 Å². The number of likely N-dealkylation sites (tertiary alicyclic amines) is 1. The lowest BCUT2D eigenvalue weighted by molar-refractivity contribution is -0.163. The van der Waals surface area contributed by atoms with Gasteiger partial charge >= 0.3 is 0 Å². The average molecular weight is 471 g/mol. The third-order valence-electron chi connectivity index (χ3n) is 6.61. The first-order valence-electron chi connectivity index (χ1n) is 12.3. The van der Waals surface area contributed by atoms with Gasteiger partial charge in [0.15, 0.2) is 0 Å². The summed E-state index contributed by atoms with van der Waals surface area (Å²) in [5, 5.41) is 19.4. The van der Waals surface area contributed by atoms with Crippen molar-refractivity contribution in [2.45, 2.75) is 51.6 Å². The van der Waals surface area contributed by atoms with Crippen LogP contribution >= 0.6 is 0 Å². The van der Waals surface area contributed by atoms with E-state index in [0.29, 0.717) is 32.0 Å². The van der Waals surface area contributed by atoms with E-state index < -0.39 is 12.0 Å². The molecule has 1 amide bonds. The van der Waals surface area contributed by atoms with Crippen molar-refractivity contribution in [1.29, 1.82) is 0 Å². The third-order valence-corrected chi connectivity index (χ3v) is 6.61. The number of rotatable bonds is 13. The number of hydrogen-bond donors (Lipinski definition) is 3. The van der Waals surface area contributed by atoms with Crippen LogP contribution in [0.25, 0.3) is 0 Å². The van der Waals surface area contributed by atoms with E-state index in [1.165, 1.54) is 11.1 Å². The molecule has 7 nitrogen and oxygen atoms in total. The fourth-order valence-corrected chi connectivity index (χ4v) is 4.70. The minimum absolute atomic E-state index is 0.0288. The Hall–Kier alpha value is -2.45. The smallest absolute Gasteiger partial charge is 0.228 e. The maximum Gasteiger partial charge on any atom is 0.228 e. The summed E-state index contributed by atoms with van der Waals surface area (Å²) < 4.78 is 5.49. The second kappa shape index (κ2) is 14.1. The second-order valence-corrected chi connectivity index (χ2v) is 9.00. The zero-order chi connectivity index (χ0) is 24.2. The van der Waals surface area contributed by atoms with E-state index in [1.54, 1.807) is 5.64 Å². The highest BCUT2D eigenvalue weighted by atomic mass is 16.8. The molecule has 0 unspecified atom stereocenters. The quantitative estimate of drug-likeness (QED) is 0.386. The molecule has 0 aromatic heterocycles. The molecule has 1 aliphatic rings. The normalized spacial score (nSPS) is 16.3. The third kappa shape index (κ3) is 8.09. The van der Waals surface area contributed by atoms with E-state index in [9.17, 15) is 9.90 Å². The molecule has 34 heavy (non-hydrogen) atoms. The van der Waals surface area contributed by atoms with Gasteiger partial charge < -0.3 is 14.7 Å². The van der Waals surface area contributed by atoms with E-state index in [-0.39, 0.29) is 12.5 Å². The zero-order valence-corrected chi connectivity index (χ0v) is 20.1. The molecule has 3 N–H and O–H groups in total. The fourth-order valence-electron chi connectivity index (χ4n) is 4.70. The number of benzene rings is 2. The molecule has 1 fully saturated rings. The Labute approximate surface area is 202 Å². The molecule has 2 aromatic carbocycles. The van der Waals surface area contributed by atoms with E-state index in [0.717, 1.165) is 37.9 Å². The standard InChI is InChI=1S/C27H38N2O5/c1-2-33-24-13-11-21(12-14-24)9-6-10-25(26(30)20-34-28-32)27(31)29-17-15-23(16-18-29)19-22-7-4-3-5-8-22/h3-5,7-8,11-14,23,25-26,28,30,32H,2,6,9-10,15-20H2,1H3/t25-,26-/m1/s1. The summed E-state index contributed by atoms with van der Waals surface area (Å²) in [5.41, 5.74) is 4.10. The maximum atomic E-state index is 13.3. The molecule has 0 aliphatic carbocycles. The highest BCUT2D eigenvalue weighted by Crippen LogP contribution is 2.25. The number of carbonyl (C=O) groups is 1. The Morgan fingerprint density at radius 3 is 2.44 bits per heavy atom. The van der Waals surface area contributed by atoms with Crippen molar-refractivity contribution in [3.8, 4) is 5.75 Å². The lowest BCUT2D eigenvalue weighted by atomic mass is 9.88. The molecule has 0 bridgehead atoms. The van der Waals surface area contributed by atoms with Gasteiger partial charge in [0.05, 0.1) is 25.2 Å². The van der Waals surface area contributed by atoms with Gasteiger partial charge in [-0.2, -0.15) is 0 Å². The van der Waals surface area contributed by atoms with Gasteiger partial charge in [-0.15, -0.1) is 0 Å². The molecule has 1 saturated heterocycles. The van der Waals surface area contributed by atoms with Gasteiger partial charge in [0.2, 0.25) is 5.91 Å². The number of nitrogens with zero attached hydrogens (tertiary/aromatic N) is 1. The molecular weight excluding hydrogens is 432 g/mol. The Morgan fingerprint density at radius 2 is 1.79 bits per heavy atom. The number of aliphatic hydroxyl groups excluding tert-OH is 1. The number of amides is 1. The van der Waals surface area contributed by atoms with Crippen molar-refractivity contribution >= 4 is 5.91 Å². The van der Waals surface area contributed by atoms with Gasteiger partial charge in [-0.1, -0.05) is 48.1 Å². The van der Waals surface area contributed by atoms with Crippen LogP contribution in [0.15, 0.2) is 54.6 Å². The zero-order valence-electron chi connectivity index (χ0n) is 20.1. The number of carbonyl (C=O) groups excluding carboxylic acids is 1. The van der Waals surface area contributed by atoms with E-state index in [4.69, 9.17) is 14.8 Å². The number of ether oxygens (including phenoxy) is 1. The van der Waals surface area contributed by atoms with Crippen LogP contribution in [0, 0.1) is 11.8 Å². The van der Waals surface area contributed by atoms with Gasteiger partial charge in [-0.25, -0.2) is 0 Å². The topological polar surface area (TPSA) is 91.3 Å². The largest absolute Gasteiger partial charge is 0.494 e. The molecule has 186 valence electrons. The Morgan fingerprint density at radius 1 is 1.09 bits per heavy atom. The summed E-state index contributed by atoms with van der Waals surface area (Å²) in [4.78, 5) is 20.0. The molecule has 7 heteroatoms. The monoisotopic (exact) mass is 470 g/mol. The summed E-state index contributed by atoms with van der Waals surface area (Å²) in [7, 11) is 0. The molecule has 1 aliphatic heterocycles. The number of nitrogens with one attached hydrogen (secondary N) is 1. The van der Waals surface area contributed by atoms with Crippen LogP contribution in [0.1, 0.15) is 43.7 Å². The van der Waals surface area contributed by atoms with Crippen LogP contribution in [-0.4, -0.2) is 53.5 Å². The second-order valence-electron chi connectivity index (χ2n) is 9.00. The minimum atomic E-state index is -0.991. The highest BCUT2D eigenvalue weighted by molar-refractivity contribution is 5.79. The van der Waals surface area contributed by atoms with Crippen LogP contribution in [0.5, 0.6) is 5.75 Å². The Bertz CT molecular complexity index is 838. The Kier molecular flexibility index (Phi) is 10.8. The van der Waals surface area contributed by atoms with Crippen LogP contribution in [0.4, 0.5) is 0 Å². The summed E-state index contributed by atoms with van der Waals surface area (Å²) in [6.07, 6.45) is 4.09. The van der Waals surface area contributed by atoms with Gasteiger partial charge in [0.1, 0.15) is 5.75 Å². The molecule has 2 aromatic rings. The van der Waals surface area contributed by atoms with Crippen LogP contribution in [0.2, 0.25) is 0 Å². The SMILES string of the molecule is CCOc1ccc(CCC[C@@H](C(=O)N2CCC(Cc3ccccc3)CC2)[C@H](O)CONO)cc1. The van der Waals surface area contributed by atoms with Gasteiger partial charge in [-0.05, 0) is 74.6 Å². The minimum Gasteiger partial charge on any atom is -0.494 e. The first-order valence-corrected chi connectivity index (χ1v) is 12.3. The molecule has 3 rings (SSSR count). The first-order chi connectivity index (χ1) is 16.6. The molecule has 0 radical (unpaired) electrons. The van der Waals surface area contributed by atoms with Crippen molar-refractivity contribution < 1.29 is 24.7 Å². The fraction of sp³-hybridized carbons (Fsp3) is 0.519. The van der Waals surface area contributed by atoms with Crippen molar-refractivity contribution in [3.63, 3.8) is 0 Å². The number of aliphatic hydroxyl groups is 1. The number of hydrogen-bond acceptors (Lipinski definition) is 6. The summed E-state index contributed by atoms with van der Waals surface area (Å²) in [5.74, 6) is 0.816. The van der Waals surface area contributed by atoms with Gasteiger partial charge in [-0.3, -0.25) is 14.8 Å². The number of aryl methyl sites for hydroxylation is 1. The summed E-state index contributed by atoms with van der Waals surface area (Å²) in [6.45, 7) is 3.85. The predicted octanol–water partition coefficient (Wildman–Crippen LogP) is 3.78. The van der Waals surface area contributed by atoms with Crippen molar-refractivity contribution in [3.05, 3.63) is 65.7 Å². The molecule has 0 saturated carbocycles. The first kappa shape index (κ1) is 26.2. The van der Waals surface area contributed by atoms with Crippen molar-refractivity contribution in [2.24, 2.45) is 11.8 Å².